The molecule has 3 aliphatic carbocycles. The molecule has 3 rings (SSSR count). The standard InChI is InChI=1S/C12H19NO/c14-12(10-3-4-10)8-13(11-5-6-11)7-9-1-2-9/h9-11H,1-8H2. The highest BCUT2D eigenvalue weighted by atomic mass is 16.1. The summed E-state index contributed by atoms with van der Waals surface area (Å²) < 4.78 is 0. The van der Waals surface area contributed by atoms with Crippen molar-refractivity contribution in [2.75, 3.05) is 13.1 Å². The molecular formula is C12H19NO. The molecule has 0 bridgehead atoms. The highest BCUT2D eigenvalue weighted by molar-refractivity contribution is 5.85. The number of hydrogen-bond donors (Lipinski definition) is 0. The van der Waals surface area contributed by atoms with Crippen LogP contribution in [0.3, 0.4) is 0 Å². The Bertz CT molecular complexity index is 239. The molecule has 0 spiro atoms. The number of rotatable bonds is 6. The summed E-state index contributed by atoms with van der Waals surface area (Å²) in [4.78, 5) is 14.2. The molecule has 0 radical (unpaired) electrons. The van der Waals surface area contributed by atoms with E-state index < -0.39 is 0 Å². The maximum Gasteiger partial charge on any atom is 0.149 e. The van der Waals surface area contributed by atoms with E-state index in [2.05, 4.69) is 4.90 Å². The SMILES string of the molecule is O=C(CN(CC1CC1)C1CC1)C1CC1. The normalized spacial score (nSPS) is 26.9. The highest BCUT2D eigenvalue weighted by Crippen LogP contribution is 2.36. The van der Waals surface area contributed by atoms with Crippen LogP contribution in [0.5, 0.6) is 0 Å². The summed E-state index contributed by atoms with van der Waals surface area (Å²) in [5.74, 6) is 1.91. The van der Waals surface area contributed by atoms with Gasteiger partial charge in [0.2, 0.25) is 0 Å². The lowest BCUT2D eigenvalue weighted by atomic mass is 10.2. The van der Waals surface area contributed by atoms with Gasteiger partial charge in [-0.05, 0) is 44.4 Å². The number of carbonyl (C=O) groups excluding carboxylic acids is 1. The lowest BCUT2D eigenvalue weighted by Gasteiger charge is -2.20. The van der Waals surface area contributed by atoms with Gasteiger partial charge in [0.05, 0.1) is 6.54 Å². The lowest BCUT2D eigenvalue weighted by molar-refractivity contribution is -0.121. The Labute approximate surface area is 85.7 Å². The van der Waals surface area contributed by atoms with Crippen LogP contribution in [0.15, 0.2) is 0 Å². The van der Waals surface area contributed by atoms with Crippen LogP contribution in [0, 0.1) is 11.8 Å². The Morgan fingerprint density at radius 2 is 1.79 bits per heavy atom. The van der Waals surface area contributed by atoms with Gasteiger partial charge in [0.1, 0.15) is 5.78 Å². The second-order valence-electron chi connectivity index (χ2n) is 5.34. The van der Waals surface area contributed by atoms with Crippen LogP contribution in [-0.2, 0) is 4.79 Å². The van der Waals surface area contributed by atoms with E-state index >= 15 is 0 Å². The zero-order chi connectivity index (χ0) is 9.54. The number of nitrogens with zero attached hydrogens (tertiary/aromatic N) is 1. The zero-order valence-corrected chi connectivity index (χ0v) is 8.74. The summed E-state index contributed by atoms with van der Waals surface area (Å²) in [6, 6.07) is 0.776. The van der Waals surface area contributed by atoms with Gasteiger partial charge < -0.3 is 0 Å². The van der Waals surface area contributed by atoms with Crippen LogP contribution in [0.1, 0.15) is 38.5 Å². The van der Waals surface area contributed by atoms with Gasteiger partial charge in [-0.1, -0.05) is 0 Å². The van der Waals surface area contributed by atoms with Gasteiger partial charge in [-0.15, -0.1) is 0 Å². The van der Waals surface area contributed by atoms with E-state index in [-0.39, 0.29) is 0 Å². The minimum absolute atomic E-state index is 0.454. The largest absolute Gasteiger partial charge is 0.298 e. The van der Waals surface area contributed by atoms with E-state index in [1.165, 1.54) is 45.1 Å². The summed E-state index contributed by atoms with van der Waals surface area (Å²) in [5.41, 5.74) is 0. The quantitative estimate of drug-likeness (QED) is 0.641. The molecule has 0 aliphatic heterocycles. The van der Waals surface area contributed by atoms with Crippen molar-refractivity contribution in [3.63, 3.8) is 0 Å². The highest BCUT2D eigenvalue weighted by Gasteiger charge is 2.37. The molecule has 0 heterocycles. The second kappa shape index (κ2) is 3.34. The van der Waals surface area contributed by atoms with Gasteiger partial charge >= 0.3 is 0 Å². The number of ketones is 1. The molecule has 0 aromatic heterocycles. The van der Waals surface area contributed by atoms with Crippen molar-refractivity contribution in [1.29, 1.82) is 0 Å². The molecule has 78 valence electrons. The Hall–Kier alpha value is -0.370. The summed E-state index contributed by atoms with van der Waals surface area (Å²) in [5, 5.41) is 0. The fourth-order valence-corrected chi connectivity index (χ4v) is 2.15. The molecule has 0 aromatic carbocycles. The summed E-state index contributed by atoms with van der Waals surface area (Å²) in [6.45, 7) is 1.98. The third-order valence-electron chi connectivity index (χ3n) is 3.64. The zero-order valence-electron chi connectivity index (χ0n) is 8.74. The first kappa shape index (κ1) is 8.90. The molecule has 0 saturated heterocycles. The van der Waals surface area contributed by atoms with Gasteiger partial charge in [-0.3, -0.25) is 9.69 Å². The minimum atomic E-state index is 0.454. The maximum atomic E-state index is 11.7. The first-order valence-corrected chi connectivity index (χ1v) is 6.09. The molecule has 0 unspecified atom stereocenters. The average molecular weight is 193 g/mol. The monoisotopic (exact) mass is 193 g/mol. The van der Waals surface area contributed by atoms with E-state index in [1.54, 1.807) is 0 Å². The number of carbonyl (C=O) groups is 1. The molecule has 14 heavy (non-hydrogen) atoms. The van der Waals surface area contributed by atoms with Crippen molar-refractivity contribution in [3.8, 4) is 0 Å². The Kier molecular flexibility index (Phi) is 2.12. The van der Waals surface area contributed by atoms with E-state index in [0.717, 1.165) is 18.5 Å². The first-order valence-electron chi connectivity index (χ1n) is 6.09. The van der Waals surface area contributed by atoms with Gasteiger partial charge in [0.25, 0.3) is 0 Å². The van der Waals surface area contributed by atoms with Crippen molar-refractivity contribution in [1.82, 2.24) is 4.90 Å². The van der Waals surface area contributed by atoms with Crippen LogP contribution in [0.4, 0.5) is 0 Å². The van der Waals surface area contributed by atoms with E-state index in [4.69, 9.17) is 0 Å². The molecule has 2 heteroatoms. The third-order valence-corrected chi connectivity index (χ3v) is 3.64. The van der Waals surface area contributed by atoms with Crippen molar-refractivity contribution >= 4 is 5.78 Å². The molecular weight excluding hydrogens is 174 g/mol. The predicted octanol–water partition coefficient (Wildman–Crippen LogP) is 1.84. The molecule has 0 N–H and O–H groups in total. The van der Waals surface area contributed by atoms with Gasteiger partial charge in [0.15, 0.2) is 0 Å². The van der Waals surface area contributed by atoms with Gasteiger partial charge in [-0.2, -0.15) is 0 Å². The third kappa shape index (κ3) is 2.17. The van der Waals surface area contributed by atoms with Crippen LogP contribution >= 0.6 is 0 Å². The predicted molar refractivity (Wildman–Crippen MR) is 55.1 cm³/mol. The maximum absolute atomic E-state index is 11.7. The molecule has 0 atom stereocenters. The van der Waals surface area contributed by atoms with Crippen LogP contribution in [-0.4, -0.2) is 29.8 Å². The van der Waals surface area contributed by atoms with Crippen LogP contribution in [0.25, 0.3) is 0 Å². The Morgan fingerprint density at radius 1 is 1.07 bits per heavy atom. The fraction of sp³-hybridized carbons (Fsp3) is 0.917. The minimum Gasteiger partial charge on any atom is -0.298 e. The fourth-order valence-electron chi connectivity index (χ4n) is 2.15. The Balaban J connectivity index is 1.51. The summed E-state index contributed by atoms with van der Waals surface area (Å²) in [7, 11) is 0. The van der Waals surface area contributed by atoms with E-state index in [9.17, 15) is 4.79 Å². The van der Waals surface area contributed by atoms with Crippen molar-refractivity contribution in [3.05, 3.63) is 0 Å². The molecule has 3 aliphatic rings. The topological polar surface area (TPSA) is 20.3 Å². The number of Topliss-reactive ketones (excluding diaryl/α,β-unsaturated/α-hetero) is 1. The van der Waals surface area contributed by atoms with E-state index in [0.29, 0.717) is 11.7 Å². The Morgan fingerprint density at radius 3 is 2.29 bits per heavy atom. The van der Waals surface area contributed by atoms with Gasteiger partial charge in [0, 0.05) is 18.5 Å². The molecule has 0 aromatic rings. The molecule has 3 saturated carbocycles. The summed E-state index contributed by atoms with van der Waals surface area (Å²) in [6.07, 6.45) is 7.82. The summed E-state index contributed by atoms with van der Waals surface area (Å²) >= 11 is 0. The number of hydrogen-bond acceptors (Lipinski definition) is 2. The van der Waals surface area contributed by atoms with E-state index in [1.807, 2.05) is 0 Å². The smallest absolute Gasteiger partial charge is 0.149 e. The van der Waals surface area contributed by atoms with Gasteiger partial charge in [-0.25, -0.2) is 0 Å². The van der Waals surface area contributed by atoms with Crippen LogP contribution in [0.2, 0.25) is 0 Å². The lowest BCUT2D eigenvalue weighted by Crippen LogP contribution is -2.34. The van der Waals surface area contributed by atoms with Crippen molar-refractivity contribution in [2.24, 2.45) is 11.8 Å². The first-order chi connectivity index (χ1) is 6.83. The van der Waals surface area contributed by atoms with Crippen molar-refractivity contribution < 1.29 is 4.79 Å². The van der Waals surface area contributed by atoms with Crippen molar-refractivity contribution in [2.45, 2.75) is 44.6 Å². The molecule has 2 nitrogen and oxygen atoms in total. The second-order valence-corrected chi connectivity index (χ2v) is 5.34. The molecule has 0 amide bonds. The average Bonchev–Trinajstić information content (AvgIpc) is 2.96. The molecule has 3 fully saturated rings. The van der Waals surface area contributed by atoms with Crippen LogP contribution < -0.4 is 0 Å².